The molecule has 0 saturated carbocycles. The summed E-state index contributed by atoms with van der Waals surface area (Å²) >= 11 is 0. The van der Waals surface area contributed by atoms with Crippen molar-refractivity contribution < 1.29 is 14.3 Å². The Morgan fingerprint density at radius 1 is 1.07 bits per heavy atom. The Kier molecular flexibility index (Phi) is 4.35. The zero-order chi connectivity index (χ0) is 18.9. The van der Waals surface area contributed by atoms with Gasteiger partial charge in [-0.1, -0.05) is 12.1 Å². The van der Waals surface area contributed by atoms with Crippen molar-refractivity contribution in [3.63, 3.8) is 0 Å². The Bertz CT molecular complexity index is 1010. The van der Waals surface area contributed by atoms with Crippen molar-refractivity contribution in [3.8, 4) is 11.5 Å². The molecule has 0 atom stereocenters. The molecule has 28 heavy (non-hydrogen) atoms. The summed E-state index contributed by atoms with van der Waals surface area (Å²) in [4.78, 5) is 14.6. The smallest absolute Gasteiger partial charge is 0.231 e. The normalized spacial score (nSPS) is 16.6. The van der Waals surface area contributed by atoms with Crippen LogP contribution in [0, 0.1) is 0 Å². The second kappa shape index (κ2) is 7.14. The largest absolute Gasteiger partial charge is 0.454 e. The fourth-order valence-electron chi connectivity index (χ4n) is 4.03. The molecule has 0 spiro atoms. The molecule has 5 rings (SSSR count). The third-order valence-electron chi connectivity index (χ3n) is 5.62. The number of aromatic nitrogens is 3. The highest BCUT2D eigenvalue weighted by molar-refractivity contribution is 5.76. The molecular formula is C21H22N4O3. The first-order chi connectivity index (χ1) is 13.8. The maximum Gasteiger partial charge on any atom is 0.231 e. The van der Waals surface area contributed by atoms with Gasteiger partial charge in [0.1, 0.15) is 5.82 Å². The van der Waals surface area contributed by atoms with Gasteiger partial charge < -0.3 is 14.4 Å². The molecule has 4 heterocycles. The zero-order valence-corrected chi connectivity index (χ0v) is 15.6. The van der Waals surface area contributed by atoms with Crippen LogP contribution in [-0.4, -0.2) is 45.3 Å². The van der Waals surface area contributed by atoms with Gasteiger partial charge in [-0.05, 0) is 49.1 Å². The van der Waals surface area contributed by atoms with Crippen LogP contribution in [0.15, 0.2) is 42.6 Å². The SMILES string of the molecule is O=C(CCc1ccc2c(c1)OCO2)N1CCC(c2nnc3ccccn23)CC1. The minimum Gasteiger partial charge on any atom is -0.454 e. The van der Waals surface area contributed by atoms with Crippen LogP contribution in [0.3, 0.4) is 0 Å². The topological polar surface area (TPSA) is 69.0 Å². The second-order valence-corrected chi connectivity index (χ2v) is 7.33. The van der Waals surface area contributed by atoms with E-state index in [9.17, 15) is 4.79 Å². The zero-order valence-electron chi connectivity index (χ0n) is 15.6. The van der Waals surface area contributed by atoms with Gasteiger partial charge in [-0.2, -0.15) is 0 Å². The third kappa shape index (κ3) is 3.17. The average molecular weight is 378 g/mol. The van der Waals surface area contributed by atoms with Crippen molar-refractivity contribution in [1.29, 1.82) is 0 Å². The maximum absolute atomic E-state index is 12.6. The lowest BCUT2D eigenvalue weighted by atomic mass is 9.95. The van der Waals surface area contributed by atoms with Crippen LogP contribution in [0.4, 0.5) is 0 Å². The number of carbonyl (C=O) groups is 1. The Balaban J connectivity index is 1.17. The third-order valence-corrected chi connectivity index (χ3v) is 5.62. The summed E-state index contributed by atoms with van der Waals surface area (Å²) < 4.78 is 12.8. The number of nitrogens with zero attached hydrogens (tertiary/aromatic N) is 4. The molecule has 1 amide bonds. The number of fused-ring (bicyclic) bond motifs is 2. The standard InChI is InChI=1S/C21H22N4O3/c26-20(7-5-15-4-6-17-18(13-15)28-14-27-17)24-11-8-16(9-12-24)21-23-22-19-3-1-2-10-25(19)21/h1-4,6,10,13,16H,5,7-9,11-12,14H2. The summed E-state index contributed by atoms with van der Waals surface area (Å²) in [6, 6.07) is 11.8. The van der Waals surface area contributed by atoms with Crippen LogP contribution in [0.2, 0.25) is 0 Å². The van der Waals surface area contributed by atoms with E-state index in [-0.39, 0.29) is 12.7 Å². The number of ether oxygens (including phenoxy) is 2. The number of likely N-dealkylation sites (tertiary alicyclic amines) is 1. The second-order valence-electron chi connectivity index (χ2n) is 7.33. The van der Waals surface area contributed by atoms with Gasteiger partial charge in [0.25, 0.3) is 0 Å². The minimum absolute atomic E-state index is 0.210. The molecule has 0 aliphatic carbocycles. The first kappa shape index (κ1) is 17.0. The molecule has 1 fully saturated rings. The number of aryl methyl sites for hydroxylation is 1. The van der Waals surface area contributed by atoms with Crippen LogP contribution in [0.1, 0.15) is 36.6 Å². The van der Waals surface area contributed by atoms with Crippen molar-refractivity contribution in [2.75, 3.05) is 19.9 Å². The lowest BCUT2D eigenvalue weighted by molar-refractivity contribution is -0.132. The van der Waals surface area contributed by atoms with E-state index < -0.39 is 0 Å². The number of benzene rings is 1. The number of rotatable bonds is 4. The first-order valence-electron chi connectivity index (χ1n) is 9.74. The lowest BCUT2D eigenvalue weighted by Gasteiger charge is -2.31. The molecule has 1 aromatic carbocycles. The van der Waals surface area contributed by atoms with Crippen LogP contribution >= 0.6 is 0 Å². The van der Waals surface area contributed by atoms with Gasteiger partial charge in [0.2, 0.25) is 12.7 Å². The molecule has 2 aliphatic heterocycles. The van der Waals surface area contributed by atoms with E-state index >= 15 is 0 Å². The Morgan fingerprint density at radius 3 is 2.82 bits per heavy atom. The van der Waals surface area contributed by atoms with Gasteiger partial charge in [0, 0.05) is 31.6 Å². The monoisotopic (exact) mass is 378 g/mol. The van der Waals surface area contributed by atoms with Gasteiger partial charge in [0.05, 0.1) is 0 Å². The predicted molar refractivity (Wildman–Crippen MR) is 102 cm³/mol. The van der Waals surface area contributed by atoms with Gasteiger partial charge in [0.15, 0.2) is 17.1 Å². The predicted octanol–water partition coefficient (Wildman–Crippen LogP) is 2.80. The molecule has 2 aliphatic rings. The van der Waals surface area contributed by atoms with Crippen molar-refractivity contribution in [3.05, 3.63) is 54.0 Å². The molecular weight excluding hydrogens is 356 g/mol. The van der Waals surface area contributed by atoms with E-state index in [0.29, 0.717) is 18.8 Å². The number of pyridine rings is 1. The van der Waals surface area contributed by atoms with Crippen LogP contribution in [0.25, 0.3) is 5.65 Å². The van der Waals surface area contributed by atoms with Gasteiger partial charge in [-0.3, -0.25) is 9.20 Å². The van der Waals surface area contributed by atoms with Crippen molar-refractivity contribution in [2.24, 2.45) is 0 Å². The van der Waals surface area contributed by atoms with Gasteiger partial charge in [-0.15, -0.1) is 10.2 Å². The van der Waals surface area contributed by atoms with Crippen molar-refractivity contribution in [2.45, 2.75) is 31.6 Å². The molecule has 7 heteroatoms. The van der Waals surface area contributed by atoms with Crippen LogP contribution in [-0.2, 0) is 11.2 Å². The molecule has 0 bridgehead atoms. The highest BCUT2D eigenvalue weighted by Crippen LogP contribution is 2.33. The molecule has 1 saturated heterocycles. The summed E-state index contributed by atoms with van der Waals surface area (Å²) in [5.41, 5.74) is 1.97. The number of hydrogen-bond acceptors (Lipinski definition) is 5. The molecule has 3 aromatic rings. The highest BCUT2D eigenvalue weighted by Gasteiger charge is 2.26. The number of carbonyl (C=O) groups excluding carboxylic acids is 1. The molecule has 7 nitrogen and oxygen atoms in total. The van der Waals surface area contributed by atoms with Crippen LogP contribution < -0.4 is 9.47 Å². The summed E-state index contributed by atoms with van der Waals surface area (Å²) in [6.07, 6.45) is 5.08. The number of piperidine rings is 1. The Hall–Kier alpha value is -3.09. The average Bonchev–Trinajstić information content (AvgIpc) is 3.38. The molecule has 0 radical (unpaired) electrons. The lowest BCUT2D eigenvalue weighted by Crippen LogP contribution is -2.38. The van der Waals surface area contributed by atoms with E-state index in [0.717, 1.165) is 54.5 Å². The highest BCUT2D eigenvalue weighted by atomic mass is 16.7. The molecule has 144 valence electrons. The molecule has 0 N–H and O–H groups in total. The fraction of sp³-hybridized carbons (Fsp3) is 0.381. The van der Waals surface area contributed by atoms with Gasteiger partial charge >= 0.3 is 0 Å². The van der Waals surface area contributed by atoms with E-state index in [1.54, 1.807) is 0 Å². The Labute approximate surface area is 162 Å². The Morgan fingerprint density at radius 2 is 1.93 bits per heavy atom. The van der Waals surface area contributed by atoms with Crippen molar-refractivity contribution in [1.82, 2.24) is 19.5 Å². The fourth-order valence-corrected chi connectivity index (χ4v) is 4.03. The van der Waals surface area contributed by atoms with Gasteiger partial charge in [-0.25, -0.2) is 0 Å². The summed E-state index contributed by atoms with van der Waals surface area (Å²) in [5, 5.41) is 8.63. The van der Waals surface area contributed by atoms with E-state index in [2.05, 4.69) is 14.6 Å². The summed E-state index contributed by atoms with van der Waals surface area (Å²) in [5.74, 6) is 3.10. The molecule has 0 unspecified atom stereocenters. The minimum atomic E-state index is 0.210. The summed E-state index contributed by atoms with van der Waals surface area (Å²) in [7, 11) is 0. The molecule has 2 aromatic heterocycles. The van der Waals surface area contributed by atoms with Crippen LogP contribution in [0.5, 0.6) is 11.5 Å². The first-order valence-corrected chi connectivity index (χ1v) is 9.74. The number of hydrogen-bond donors (Lipinski definition) is 0. The van der Waals surface area contributed by atoms with E-state index in [1.807, 2.05) is 47.5 Å². The number of amides is 1. The quantitative estimate of drug-likeness (QED) is 0.698. The maximum atomic E-state index is 12.6. The van der Waals surface area contributed by atoms with E-state index in [1.165, 1.54) is 0 Å². The van der Waals surface area contributed by atoms with E-state index in [4.69, 9.17) is 9.47 Å². The summed E-state index contributed by atoms with van der Waals surface area (Å²) in [6.45, 7) is 1.81. The van der Waals surface area contributed by atoms with Crippen molar-refractivity contribution >= 4 is 11.6 Å².